The fourth-order valence-corrected chi connectivity index (χ4v) is 3.15. The largest absolute Gasteiger partial charge is 0.456 e. The number of halogens is 1. The molecule has 0 fully saturated rings. The number of nitrogens with zero attached hydrogens (tertiary/aromatic N) is 1. The molecule has 0 saturated carbocycles. The van der Waals surface area contributed by atoms with Gasteiger partial charge in [0, 0.05) is 28.1 Å². The summed E-state index contributed by atoms with van der Waals surface area (Å²) in [7, 11) is 0. The Kier molecular flexibility index (Phi) is 2.76. The van der Waals surface area contributed by atoms with Gasteiger partial charge in [-0.1, -0.05) is 50.6 Å². The molecule has 1 aliphatic rings. The van der Waals surface area contributed by atoms with Crippen molar-refractivity contribution in [2.45, 2.75) is 26.2 Å². The lowest BCUT2D eigenvalue weighted by molar-refractivity contribution is 0.485. The van der Waals surface area contributed by atoms with E-state index in [1.54, 1.807) is 0 Å². The van der Waals surface area contributed by atoms with Gasteiger partial charge in [-0.15, -0.1) is 0 Å². The molecule has 3 heteroatoms. The zero-order valence-electron chi connectivity index (χ0n) is 12.8. The van der Waals surface area contributed by atoms with Crippen LogP contribution in [0.5, 0.6) is 11.5 Å². The molecule has 1 aliphatic heterocycles. The Morgan fingerprint density at radius 3 is 2.59 bits per heavy atom. The van der Waals surface area contributed by atoms with E-state index in [2.05, 4.69) is 37.9 Å². The Hall–Kier alpha value is -2.06. The third-order valence-electron chi connectivity index (χ3n) is 4.18. The summed E-state index contributed by atoms with van der Waals surface area (Å²) < 4.78 is 6.09. The molecular weight excluding hydrogens is 294 g/mol. The number of benzene rings is 2. The molecule has 0 aliphatic carbocycles. The van der Waals surface area contributed by atoms with Crippen LogP contribution < -0.4 is 4.74 Å². The van der Waals surface area contributed by atoms with Gasteiger partial charge in [0.05, 0.1) is 0 Å². The van der Waals surface area contributed by atoms with Gasteiger partial charge in [-0.05, 0) is 29.2 Å². The molecule has 0 saturated heterocycles. The molecule has 0 bridgehead atoms. The molecule has 22 heavy (non-hydrogen) atoms. The second kappa shape index (κ2) is 4.47. The number of rotatable bonds is 0. The number of fused-ring (bicyclic) bond motifs is 2. The highest BCUT2D eigenvalue weighted by Crippen LogP contribution is 2.48. The zero-order chi connectivity index (χ0) is 15.5. The van der Waals surface area contributed by atoms with Crippen molar-refractivity contribution in [1.29, 1.82) is 0 Å². The van der Waals surface area contributed by atoms with Crippen LogP contribution in [0, 0.1) is 0 Å². The average Bonchev–Trinajstić information content (AvgIpc) is 2.48. The summed E-state index contributed by atoms with van der Waals surface area (Å²) in [5.74, 6) is 1.71. The maximum absolute atomic E-state index is 6.25. The third-order valence-corrected chi connectivity index (χ3v) is 4.48. The van der Waals surface area contributed by atoms with Crippen LogP contribution in [0.1, 0.15) is 26.3 Å². The summed E-state index contributed by atoms with van der Waals surface area (Å²) in [4.78, 5) is 4.35. The summed E-state index contributed by atoms with van der Waals surface area (Å²) in [6.07, 6.45) is 1.85. The lowest BCUT2D eigenvalue weighted by atomic mass is 9.84. The molecule has 1 aromatic heterocycles. The van der Waals surface area contributed by atoms with E-state index in [9.17, 15) is 0 Å². The zero-order valence-corrected chi connectivity index (χ0v) is 13.5. The highest BCUT2D eigenvalue weighted by molar-refractivity contribution is 6.35. The lowest BCUT2D eigenvalue weighted by Gasteiger charge is -2.25. The summed E-state index contributed by atoms with van der Waals surface area (Å²) in [5, 5.41) is 2.49. The van der Waals surface area contributed by atoms with Gasteiger partial charge >= 0.3 is 0 Å². The fraction of sp³-hybridized carbons (Fsp3) is 0.211. The molecule has 2 nitrogen and oxygen atoms in total. The second-order valence-electron chi connectivity index (χ2n) is 6.70. The first-order valence-corrected chi connectivity index (χ1v) is 7.73. The molecule has 0 unspecified atom stereocenters. The van der Waals surface area contributed by atoms with Crippen LogP contribution in [-0.4, -0.2) is 4.98 Å². The first-order valence-electron chi connectivity index (χ1n) is 7.35. The normalized spacial score (nSPS) is 12.9. The first-order chi connectivity index (χ1) is 10.4. The number of hydrogen-bond donors (Lipinski definition) is 0. The van der Waals surface area contributed by atoms with Crippen LogP contribution in [0.4, 0.5) is 0 Å². The van der Waals surface area contributed by atoms with E-state index in [1.807, 2.05) is 30.5 Å². The topological polar surface area (TPSA) is 22.1 Å². The monoisotopic (exact) mass is 309 g/mol. The molecular formula is C19H16ClNO. The van der Waals surface area contributed by atoms with E-state index in [-0.39, 0.29) is 5.41 Å². The maximum atomic E-state index is 6.25. The Bertz CT molecular complexity index is 909. The quantitative estimate of drug-likeness (QED) is 0.374. The van der Waals surface area contributed by atoms with E-state index in [4.69, 9.17) is 16.3 Å². The average molecular weight is 310 g/mol. The third kappa shape index (κ3) is 1.91. The van der Waals surface area contributed by atoms with Crippen LogP contribution in [0.25, 0.3) is 21.9 Å². The van der Waals surface area contributed by atoms with Crippen LogP contribution >= 0.6 is 11.6 Å². The van der Waals surface area contributed by atoms with Crippen molar-refractivity contribution in [3.05, 3.63) is 53.3 Å². The molecule has 110 valence electrons. The standard InChI is InChI=1S/C19H16ClNO/c1-19(2,3)11-7-8-15-13(9-11)14-10-21-18(20)12-5-4-6-16(22-15)17(12)14/h4-10H,1-3H3. The summed E-state index contributed by atoms with van der Waals surface area (Å²) >= 11 is 6.25. The molecule has 4 rings (SSSR count). The van der Waals surface area contributed by atoms with Crippen LogP contribution in [0.2, 0.25) is 5.15 Å². The number of ether oxygens (including phenoxy) is 1. The van der Waals surface area contributed by atoms with Crippen molar-refractivity contribution in [2.75, 3.05) is 0 Å². The van der Waals surface area contributed by atoms with Gasteiger partial charge in [-0.2, -0.15) is 0 Å². The molecule has 0 spiro atoms. The van der Waals surface area contributed by atoms with Gasteiger partial charge in [0.25, 0.3) is 0 Å². The lowest BCUT2D eigenvalue weighted by Crippen LogP contribution is -2.11. The van der Waals surface area contributed by atoms with E-state index < -0.39 is 0 Å². The fourth-order valence-electron chi connectivity index (χ4n) is 2.94. The van der Waals surface area contributed by atoms with Crippen molar-refractivity contribution >= 4 is 22.4 Å². The molecule has 0 N–H and O–H groups in total. The van der Waals surface area contributed by atoms with Crippen molar-refractivity contribution in [3.63, 3.8) is 0 Å². The highest BCUT2D eigenvalue weighted by atomic mass is 35.5. The van der Waals surface area contributed by atoms with E-state index in [0.29, 0.717) is 5.15 Å². The van der Waals surface area contributed by atoms with Crippen LogP contribution in [0.15, 0.2) is 42.6 Å². The predicted octanol–water partition coefficient (Wildman–Crippen LogP) is 5.96. The minimum Gasteiger partial charge on any atom is -0.456 e. The van der Waals surface area contributed by atoms with E-state index in [0.717, 1.165) is 33.4 Å². The Balaban J connectivity index is 2.07. The molecule has 0 atom stereocenters. The van der Waals surface area contributed by atoms with Crippen molar-refractivity contribution in [3.8, 4) is 22.6 Å². The highest BCUT2D eigenvalue weighted by Gasteiger charge is 2.24. The van der Waals surface area contributed by atoms with Gasteiger partial charge in [0.15, 0.2) is 0 Å². The summed E-state index contributed by atoms with van der Waals surface area (Å²) in [6, 6.07) is 12.3. The maximum Gasteiger partial charge on any atom is 0.137 e. The summed E-state index contributed by atoms with van der Waals surface area (Å²) in [6.45, 7) is 6.63. The number of aromatic nitrogens is 1. The van der Waals surface area contributed by atoms with Crippen molar-refractivity contribution in [1.82, 2.24) is 4.98 Å². The number of hydrogen-bond acceptors (Lipinski definition) is 2. The molecule has 2 heterocycles. The van der Waals surface area contributed by atoms with Gasteiger partial charge < -0.3 is 4.74 Å². The second-order valence-corrected chi connectivity index (χ2v) is 7.06. The van der Waals surface area contributed by atoms with Crippen LogP contribution in [-0.2, 0) is 5.41 Å². The van der Waals surface area contributed by atoms with Gasteiger partial charge in [0.2, 0.25) is 0 Å². The Labute approximate surface area is 134 Å². The number of pyridine rings is 1. The van der Waals surface area contributed by atoms with E-state index >= 15 is 0 Å². The van der Waals surface area contributed by atoms with Crippen LogP contribution in [0.3, 0.4) is 0 Å². The minimum atomic E-state index is 0.0883. The smallest absolute Gasteiger partial charge is 0.137 e. The van der Waals surface area contributed by atoms with Crippen molar-refractivity contribution in [2.24, 2.45) is 0 Å². The SMILES string of the molecule is CC(C)(C)c1ccc2c(c1)-c1cnc(Cl)c3cccc(c13)O2. The summed E-state index contributed by atoms with van der Waals surface area (Å²) in [5.41, 5.74) is 3.53. The van der Waals surface area contributed by atoms with E-state index in [1.165, 1.54) is 5.56 Å². The molecule has 0 radical (unpaired) electrons. The van der Waals surface area contributed by atoms with Gasteiger partial charge in [-0.3, -0.25) is 0 Å². The Morgan fingerprint density at radius 1 is 1.00 bits per heavy atom. The molecule has 2 aromatic carbocycles. The van der Waals surface area contributed by atoms with Crippen molar-refractivity contribution < 1.29 is 4.74 Å². The van der Waals surface area contributed by atoms with Gasteiger partial charge in [0.1, 0.15) is 16.7 Å². The predicted molar refractivity (Wildman–Crippen MR) is 91.0 cm³/mol. The molecule has 3 aromatic rings. The first kappa shape index (κ1) is 13.6. The minimum absolute atomic E-state index is 0.0883. The molecule has 0 amide bonds. The van der Waals surface area contributed by atoms with Gasteiger partial charge in [-0.25, -0.2) is 4.98 Å². The Morgan fingerprint density at radius 2 is 1.82 bits per heavy atom.